The maximum Gasteiger partial charge on any atom is 0.323 e. The molecule has 2 rings (SSSR count). The first-order valence-electron chi connectivity index (χ1n) is 7.60. The first-order valence-corrected chi connectivity index (χ1v) is 7.60. The molecule has 1 fully saturated rings. The number of ether oxygens (including phenoxy) is 1. The lowest BCUT2D eigenvalue weighted by atomic mass is 9.90. The van der Waals surface area contributed by atoms with Gasteiger partial charge >= 0.3 is 5.97 Å². The molecule has 3 atom stereocenters. The van der Waals surface area contributed by atoms with Crippen LogP contribution in [-0.4, -0.2) is 30.1 Å². The van der Waals surface area contributed by atoms with Crippen molar-refractivity contribution in [2.45, 2.75) is 45.7 Å². The number of hydrogen-bond acceptors (Lipinski definition) is 3. The van der Waals surface area contributed by atoms with Gasteiger partial charge in [-0.25, -0.2) is 0 Å². The largest absolute Gasteiger partial charge is 0.465 e. The van der Waals surface area contributed by atoms with Crippen LogP contribution < -0.4 is 0 Å². The van der Waals surface area contributed by atoms with E-state index in [9.17, 15) is 4.79 Å². The fourth-order valence-corrected chi connectivity index (χ4v) is 3.02. The minimum atomic E-state index is -0.103. The van der Waals surface area contributed by atoms with Gasteiger partial charge in [-0.3, -0.25) is 9.69 Å². The number of benzene rings is 1. The number of carbonyl (C=O) groups excluding carboxylic acids is 1. The van der Waals surface area contributed by atoms with E-state index in [1.807, 2.05) is 13.0 Å². The summed E-state index contributed by atoms with van der Waals surface area (Å²) in [7, 11) is 0. The molecule has 1 saturated heterocycles. The van der Waals surface area contributed by atoms with Gasteiger partial charge in [0.15, 0.2) is 0 Å². The van der Waals surface area contributed by atoms with E-state index in [4.69, 9.17) is 4.74 Å². The van der Waals surface area contributed by atoms with E-state index in [0.717, 1.165) is 19.4 Å². The van der Waals surface area contributed by atoms with Crippen LogP contribution in [0.3, 0.4) is 0 Å². The molecule has 1 aliphatic rings. The second-order valence-corrected chi connectivity index (χ2v) is 5.72. The van der Waals surface area contributed by atoms with E-state index in [0.29, 0.717) is 12.5 Å². The summed E-state index contributed by atoms with van der Waals surface area (Å²) in [4.78, 5) is 14.5. The molecule has 1 aromatic carbocycles. The maximum atomic E-state index is 12.2. The van der Waals surface area contributed by atoms with E-state index in [1.54, 1.807) is 0 Å². The lowest BCUT2D eigenvalue weighted by Crippen LogP contribution is -2.48. The molecule has 0 aromatic heterocycles. The average Bonchev–Trinajstić information content (AvgIpc) is 2.47. The van der Waals surface area contributed by atoms with Crippen molar-refractivity contribution < 1.29 is 9.53 Å². The number of carbonyl (C=O) groups is 1. The number of likely N-dealkylation sites (tertiary alicyclic amines) is 1. The van der Waals surface area contributed by atoms with Gasteiger partial charge in [0.1, 0.15) is 6.04 Å². The van der Waals surface area contributed by atoms with E-state index < -0.39 is 0 Å². The molecule has 110 valence electrons. The summed E-state index contributed by atoms with van der Waals surface area (Å²) in [5.74, 6) is 0.519. The van der Waals surface area contributed by atoms with Crippen LogP contribution in [0.25, 0.3) is 0 Å². The predicted molar refractivity (Wildman–Crippen MR) is 80.4 cm³/mol. The molecule has 3 heteroatoms. The van der Waals surface area contributed by atoms with Gasteiger partial charge in [0.2, 0.25) is 0 Å². The van der Waals surface area contributed by atoms with Crippen molar-refractivity contribution in [3.05, 3.63) is 35.9 Å². The summed E-state index contributed by atoms with van der Waals surface area (Å²) in [5, 5.41) is 0. The van der Waals surface area contributed by atoms with Crippen molar-refractivity contribution in [3.63, 3.8) is 0 Å². The number of rotatable bonds is 4. The highest BCUT2D eigenvalue weighted by Crippen LogP contribution is 2.31. The lowest BCUT2D eigenvalue weighted by molar-refractivity contribution is -0.153. The highest BCUT2D eigenvalue weighted by Gasteiger charge is 2.35. The van der Waals surface area contributed by atoms with Crippen LogP contribution in [0.15, 0.2) is 30.3 Å². The summed E-state index contributed by atoms with van der Waals surface area (Å²) in [5.41, 5.74) is 1.26. The molecule has 1 aliphatic heterocycles. The van der Waals surface area contributed by atoms with Crippen LogP contribution in [-0.2, 0) is 9.53 Å². The molecule has 0 N–H and O–H groups in total. The molecule has 0 amide bonds. The Labute approximate surface area is 121 Å². The molecule has 3 nitrogen and oxygen atoms in total. The molecule has 0 radical (unpaired) electrons. The molecule has 0 saturated carbocycles. The highest BCUT2D eigenvalue weighted by atomic mass is 16.5. The quantitative estimate of drug-likeness (QED) is 0.789. The van der Waals surface area contributed by atoms with Crippen molar-refractivity contribution in [1.29, 1.82) is 0 Å². The SMILES string of the molecule is CCOC(=O)C1C[C@H](C)CCN1C(C)c1ccccc1. The summed E-state index contributed by atoms with van der Waals surface area (Å²) in [6.45, 7) is 7.68. The number of esters is 1. The van der Waals surface area contributed by atoms with E-state index >= 15 is 0 Å². The van der Waals surface area contributed by atoms with Crippen molar-refractivity contribution in [1.82, 2.24) is 4.90 Å². The maximum absolute atomic E-state index is 12.2. The number of piperidine rings is 1. The van der Waals surface area contributed by atoms with Crippen molar-refractivity contribution in [2.24, 2.45) is 5.92 Å². The standard InChI is InChI=1S/C17H25NO2/c1-4-20-17(19)16-12-13(2)10-11-18(16)14(3)15-8-6-5-7-9-15/h5-9,13-14,16H,4,10-12H2,1-3H3/t13-,14?,16?/m1/s1. The molecular formula is C17H25NO2. The Kier molecular flexibility index (Phi) is 5.18. The minimum Gasteiger partial charge on any atom is -0.465 e. The fraction of sp³-hybridized carbons (Fsp3) is 0.588. The minimum absolute atomic E-state index is 0.0677. The fourth-order valence-electron chi connectivity index (χ4n) is 3.02. The molecule has 0 spiro atoms. The number of nitrogens with zero attached hydrogens (tertiary/aromatic N) is 1. The third kappa shape index (κ3) is 3.40. The van der Waals surface area contributed by atoms with Gasteiger partial charge in [-0.2, -0.15) is 0 Å². The summed E-state index contributed by atoms with van der Waals surface area (Å²) in [6.07, 6.45) is 2.04. The molecule has 2 unspecified atom stereocenters. The Morgan fingerprint density at radius 3 is 2.75 bits per heavy atom. The van der Waals surface area contributed by atoms with Crippen molar-refractivity contribution in [2.75, 3.05) is 13.2 Å². The third-order valence-corrected chi connectivity index (χ3v) is 4.24. The zero-order valence-electron chi connectivity index (χ0n) is 12.7. The van der Waals surface area contributed by atoms with Gasteiger partial charge in [0.25, 0.3) is 0 Å². The first-order chi connectivity index (χ1) is 9.63. The Morgan fingerprint density at radius 2 is 2.10 bits per heavy atom. The monoisotopic (exact) mass is 275 g/mol. The van der Waals surface area contributed by atoms with Gasteiger partial charge in [-0.15, -0.1) is 0 Å². The van der Waals surface area contributed by atoms with Gasteiger partial charge in [0, 0.05) is 6.04 Å². The highest BCUT2D eigenvalue weighted by molar-refractivity contribution is 5.76. The van der Waals surface area contributed by atoms with Crippen LogP contribution in [0.1, 0.15) is 45.2 Å². The van der Waals surface area contributed by atoms with Crippen LogP contribution in [0.5, 0.6) is 0 Å². The molecule has 1 aromatic rings. The second kappa shape index (κ2) is 6.89. The second-order valence-electron chi connectivity index (χ2n) is 5.72. The summed E-state index contributed by atoms with van der Waals surface area (Å²) >= 11 is 0. The van der Waals surface area contributed by atoms with Crippen LogP contribution in [0.2, 0.25) is 0 Å². The normalized spacial score (nSPS) is 25.1. The Balaban J connectivity index is 2.16. The van der Waals surface area contributed by atoms with E-state index in [2.05, 4.69) is 43.0 Å². The van der Waals surface area contributed by atoms with Crippen LogP contribution in [0, 0.1) is 5.92 Å². The average molecular weight is 275 g/mol. The van der Waals surface area contributed by atoms with Crippen LogP contribution in [0.4, 0.5) is 0 Å². The van der Waals surface area contributed by atoms with Crippen molar-refractivity contribution >= 4 is 5.97 Å². The lowest BCUT2D eigenvalue weighted by Gasteiger charge is -2.40. The van der Waals surface area contributed by atoms with Crippen LogP contribution >= 0.6 is 0 Å². The van der Waals surface area contributed by atoms with Gasteiger partial charge < -0.3 is 4.74 Å². The Hall–Kier alpha value is -1.35. The Bertz CT molecular complexity index is 432. The summed E-state index contributed by atoms with van der Waals surface area (Å²) in [6, 6.07) is 10.5. The summed E-state index contributed by atoms with van der Waals surface area (Å²) < 4.78 is 5.27. The first kappa shape index (κ1) is 15.0. The zero-order chi connectivity index (χ0) is 14.5. The topological polar surface area (TPSA) is 29.5 Å². The molecule has 0 bridgehead atoms. The molecule has 1 heterocycles. The van der Waals surface area contributed by atoms with E-state index in [1.165, 1.54) is 5.56 Å². The Morgan fingerprint density at radius 1 is 1.40 bits per heavy atom. The van der Waals surface area contributed by atoms with Gasteiger partial charge in [-0.05, 0) is 44.7 Å². The van der Waals surface area contributed by atoms with Gasteiger partial charge in [0.05, 0.1) is 6.61 Å². The van der Waals surface area contributed by atoms with Crippen molar-refractivity contribution in [3.8, 4) is 0 Å². The third-order valence-electron chi connectivity index (χ3n) is 4.24. The molecule has 0 aliphatic carbocycles. The predicted octanol–water partition coefficient (Wildman–Crippen LogP) is 3.41. The smallest absolute Gasteiger partial charge is 0.323 e. The molecule has 20 heavy (non-hydrogen) atoms. The zero-order valence-corrected chi connectivity index (χ0v) is 12.7. The molecular weight excluding hydrogens is 250 g/mol. The van der Waals surface area contributed by atoms with Gasteiger partial charge in [-0.1, -0.05) is 37.3 Å². The number of hydrogen-bond donors (Lipinski definition) is 0. The van der Waals surface area contributed by atoms with E-state index in [-0.39, 0.29) is 18.1 Å².